The normalized spacial score (nSPS) is 22.6. The first-order valence-corrected chi connectivity index (χ1v) is 11.1. The molecule has 1 saturated heterocycles. The number of aromatic nitrogens is 1. The Balaban J connectivity index is 1.35. The summed E-state index contributed by atoms with van der Waals surface area (Å²) >= 11 is 0. The highest BCUT2D eigenvalue weighted by Gasteiger charge is 2.30. The number of fused-ring (bicyclic) bond motifs is 1. The van der Waals surface area contributed by atoms with Crippen molar-refractivity contribution in [1.29, 1.82) is 0 Å². The number of aliphatic hydroxyl groups is 1. The van der Waals surface area contributed by atoms with Crippen molar-refractivity contribution in [2.24, 2.45) is 5.92 Å². The summed E-state index contributed by atoms with van der Waals surface area (Å²) in [4.78, 5) is 14.0. The second-order valence-corrected chi connectivity index (χ2v) is 9.49. The van der Waals surface area contributed by atoms with E-state index in [4.69, 9.17) is 18.7 Å². The summed E-state index contributed by atoms with van der Waals surface area (Å²) in [5.41, 5.74) is 0.110. The minimum absolute atomic E-state index is 0.217. The van der Waals surface area contributed by atoms with Gasteiger partial charge in [-0.3, -0.25) is 0 Å². The van der Waals surface area contributed by atoms with Gasteiger partial charge in [0.15, 0.2) is 5.58 Å². The van der Waals surface area contributed by atoms with E-state index in [0.29, 0.717) is 48.2 Å². The monoisotopic (exact) mass is 432 g/mol. The highest BCUT2D eigenvalue weighted by atomic mass is 16.6. The molecule has 170 valence electrons. The second-order valence-electron chi connectivity index (χ2n) is 9.49. The molecule has 0 radical (unpaired) electrons. The molecule has 1 aliphatic carbocycles. The molecular weight excluding hydrogens is 400 g/mol. The van der Waals surface area contributed by atoms with Crippen LogP contribution in [0.4, 0.5) is 4.79 Å². The van der Waals surface area contributed by atoms with E-state index in [2.05, 4.69) is 5.16 Å². The van der Waals surface area contributed by atoms with E-state index in [1.807, 2.05) is 39.0 Å². The summed E-state index contributed by atoms with van der Waals surface area (Å²) in [7, 11) is 0. The van der Waals surface area contributed by atoms with Gasteiger partial charge in [-0.05, 0) is 76.1 Å². The van der Waals surface area contributed by atoms with Gasteiger partial charge in [-0.1, -0.05) is 6.07 Å². The summed E-state index contributed by atoms with van der Waals surface area (Å²) in [5.74, 6) is 1.35. The van der Waals surface area contributed by atoms with Crippen LogP contribution in [0.5, 0.6) is 11.6 Å². The number of ether oxygens (including phenoxy) is 3. The van der Waals surface area contributed by atoms with Crippen LogP contribution in [-0.2, 0) is 4.74 Å². The zero-order chi connectivity index (χ0) is 22.0. The van der Waals surface area contributed by atoms with Gasteiger partial charge in [0.2, 0.25) is 0 Å². The Labute approximate surface area is 182 Å². The maximum atomic E-state index is 12.2. The Morgan fingerprint density at radius 2 is 2.00 bits per heavy atom. The number of benzene rings is 1. The number of aliphatic hydroxyl groups excluding tert-OH is 1. The zero-order valence-corrected chi connectivity index (χ0v) is 18.5. The molecule has 2 aromatic rings. The molecule has 0 bridgehead atoms. The number of nitrogens with zero attached hydrogens (tertiary/aromatic N) is 2. The van der Waals surface area contributed by atoms with Gasteiger partial charge in [-0.15, -0.1) is 0 Å². The molecule has 1 saturated carbocycles. The van der Waals surface area contributed by atoms with E-state index < -0.39 is 11.7 Å². The third-order valence-corrected chi connectivity index (χ3v) is 5.85. The summed E-state index contributed by atoms with van der Waals surface area (Å²) in [6, 6.07) is 5.53. The number of carbonyl (C=O) groups is 1. The van der Waals surface area contributed by atoms with Crippen LogP contribution in [-0.4, -0.2) is 58.8 Å². The Bertz CT molecular complexity index is 897. The largest absolute Gasteiger partial charge is 0.487 e. The number of hydrogen-bond donors (Lipinski definition) is 1. The van der Waals surface area contributed by atoms with Crippen LogP contribution in [0.15, 0.2) is 22.7 Å². The van der Waals surface area contributed by atoms with Crippen LogP contribution in [0.3, 0.4) is 0 Å². The smallest absolute Gasteiger partial charge is 0.410 e. The topological polar surface area (TPSA) is 94.3 Å². The third-order valence-electron chi connectivity index (χ3n) is 5.85. The highest BCUT2D eigenvalue weighted by molar-refractivity contribution is 5.88. The van der Waals surface area contributed by atoms with E-state index >= 15 is 0 Å². The zero-order valence-electron chi connectivity index (χ0n) is 18.5. The molecule has 31 heavy (non-hydrogen) atoms. The predicted molar refractivity (Wildman–Crippen MR) is 114 cm³/mol. The van der Waals surface area contributed by atoms with E-state index in [9.17, 15) is 9.90 Å². The second kappa shape index (κ2) is 8.94. The standard InChI is InChI=1S/C23H32N2O6/c1-23(2,3)30-22(27)25-12-10-15(11-13-25)14-28-21-20-18(8-5-9-19(20)31-24-21)29-17-7-4-6-16(17)26/h5,8-9,15-17,26H,4,6-7,10-14H2,1-3H3/t16-,17+/m0/s1. The van der Waals surface area contributed by atoms with Crippen LogP contribution < -0.4 is 9.47 Å². The van der Waals surface area contributed by atoms with Gasteiger partial charge in [0.25, 0.3) is 5.88 Å². The van der Waals surface area contributed by atoms with E-state index in [1.54, 1.807) is 4.90 Å². The molecule has 1 aliphatic heterocycles. The predicted octanol–water partition coefficient (Wildman–Crippen LogP) is 4.15. The van der Waals surface area contributed by atoms with Crippen molar-refractivity contribution in [3.05, 3.63) is 18.2 Å². The first kappa shape index (κ1) is 21.7. The molecule has 2 heterocycles. The quantitative estimate of drug-likeness (QED) is 0.758. The van der Waals surface area contributed by atoms with E-state index in [1.165, 1.54) is 0 Å². The first-order valence-electron chi connectivity index (χ1n) is 11.1. The summed E-state index contributed by atoms with van der Waals surface area (Å²) < 4.78 is 23.0. The van der Waals surface area contributed by atoms with Gasteiger partial charge in [0, 0.05) is 13.1 Å². The Hall–Kier alpha value is -2.48. The Morgan fingerprint density at radius 3 is 2.68 bits per heavy atom. The third kappa shape index (κ3) is 5.23. The van der Waals surface area contributed by atoms with Gasteiger partial charge in [0.1, 0.15) is 22.8 Å². The Kier molecular flexibility index (Phi) is 6.27. The maximum absolute atomic E-state index is 12.2. The summed E-state index contributed by atoms with van der Waals surface area (Å²) in [6.45, 7) is 7.41. The summed E-state index contributed by atoms with van der Waals surface area (Å²) in [5, 5.41) is 14.9. The van der Waals surface area contributed by atoms with Gasteiger partial charge in [0.05, 0.1) is 12.7 Å². The number of hydrogen-bond acceptors (Lipinski definition) is 7. The van der Waals surface area contributed by atoms with Crippen molar-refractivity contribution in [1.82, 2.24) is 10.1 Å². The number of amides is 1. The molecule has 2 aliphatic rings. The number of piperidine rings is 1. The number of carbonyl (C=O) groups excluding carboxylic acids is 1. The molecule has 2 atom stereocenters. The molecule has 0 unspecified atom stereocenters. The van der Waals surface area contributed by atoms with E-state index in [0.717, 1.165) is 32.1 Å². The average molecular weight is 433 g/mol. The van der Waals surface area contributed by atoms with Crippen LogP contribution in [0.2, 0.25) is 0 Å². The molecule has 1 aromatic heterocycles. The average Bonchev–Trinajstić information content (AvgIpc) is 3.32. The molecule has 4 rings (SSSR count). The molecule has 0 spiro atoms. The fourth-order valence-corrected chi connectivity index (χ4v) is 4.14. The van der Waals surface area contributed by atoms with Gasteiger partial charge in [-0.2, -0.15) is 0 Å². The molecule has 8 heteroatoms. The molecule has 8 nitrogen and oxygen atoms in total. The van der Waals surface area contributed by atoms with Crippen LogP contribution >= 0.6 is 0 Å². The minimum Gasteiger partial charge on any atom is -0.487 e. The maximum Gasteiger partial charge on any atom is 0.410 e. The summed E-state index contributed by atoms with van der Waals surface area (Å²) in [6.07, 6.45) is 3.30. The van der Waals surface area contributed by atoms with Crippen molar-refractivity contribution in [3.8, 4) is 11.6 Å². The fourth-order valence-electron chi connectivity index (χ4n) is 4.14. The first-order chi connectivity index (χ1) is 14.8. The molecule has 1 N–H and O–H groups in total. The van der Waals surface area contributed by atoms with Crippen molar-refractivity contribution in [2.75, 3.05) is 19.7 Å². The molecular formula is C23H32N2O6. The SMILES string of the molecule is CC(C)(C)OC(=O)N1CCC(COc2noc3cccc(O[C@@H]4CCC[C@@H]4O)c23)CC1. The lowest BCUT2D eigenvalue weighted by molar-refractivity contribution is 0.0163. The lowest BCUT2D eigenvalue weighted by Crippen LogP contribution is -2.42. The minimum atomic E-state index is -0.487. The molecule has 1 amide bonds. The number of likely N-dealkylation sites (tertiary alicyclic amines) is 1. The van der Waals surface area contributed by atoms with Crippen LogP contribution in [0, 0.1) is 5.92 Å². The van der Waals surface area contributed by atoms with Gasteiger partial charge < -0.3 is 28.7 Å². The molecule has 1 aromatic carbocycles. The highest BCUT2D eigenvalue weighted by Crippen LogP contribution is 2.36. The van der Waals surface area contributed by atoms with Crippen LogP contribution in [0.25, 0.3) is 11.0 Å². The van der Waals surface area contributed by atoms with Crippen molar-refractivity contribution in [2.45, 2.75) is 70.7 Å². The van der Waals surface area contributed by atoms with Crippen molar-refractivity contribution >= 4 is 17.1 Å². The fraction of sp³-hybridized carbons (Fsp3) is 0.652. The van der Waals surface area contributed by atoms with Crippen molar-refractivity contribution < 1.29 is 28.6 Å². The van der Waals surface area contributed by atoms with E-state index in [-0.39, 0.29) is 12.2 Å². The number of rotatable bonds is 5. The lowest BCUT2D eigenvalue weighted by atomic mass is 9.98. The lowest BCUT2D eigenvalue weighted by Gasteiger charge is -2.33. The van der Waals surface area contributed by atoms with Gasteiger partial charge >= 0.3 is 6.09 Å². The van der Waals surface area contributed by atoms with Crippen molar-refractivity contribution in [3.63, 3.8) is 0 Å². The Morgan fingerprint density at radius 1 is 1.23 bits per heavy atom. The van der Waals surface area contributed by atoms with Crippen LogP contribution in [0.1, 0.15) is 52.9 Å². The molecule has 2 fully saturated rings. The van der Waals surface area contributed by atoms with Gasteiger partial charge in [-0.25, -0.2) is 4.79 Å².